The Morgan fingerprint density at radius 1 is 0.889 bits per heavy atom. The number of nitrogens with zero attached hydrogens (tertiary/aromatic N) is 2. The number of rotatable bonds is 4. The van der Waals surface area contributed by atoms with E-state index >= 15 is 0 Å². The molecule has 27 heavy (non-hydrogen) atoms. The van der Waals surface area contributed by atoms with Crippen molar-refractivity contribution in [2.45, 2.75) is 6.92 Å². The van der Waals surface area contributed by atoms with E-state index in [-0.39, 0.29) is 12.1 Å². The molecule has 1 fully saturated rings. The molecular weight excluding hydrogens is 344 g/mol. The van der Waals surface area contributed by atoms with Gasteiger partial charge in [0.15, 0.2) is 0 Å². The van der Waals surface area contributed by atoms with Gasteiger partial charge in [-0.3, -0.25) is 0 Å². The number of benzene rings is 2. The zero-order valence-corrected chi connectivity index (χ0v) is 15.4. The van der Waals surface area contributed by atoms with Gasteiger partial charge in [0.05, 0.1) is 6.61 Å². The van der Waals surface area contributed by atoms with Gasteiger partial charge in [-0.05, 0) is 43.3 Å². The van der Waals surface area contributed by atoms with Gasteiger partial charge < -0.3 is 25.2 Å². The predicted molar refractivity (Wildman–Crippen MR) is 106 cm³/mol. The number of amides is 3. The largest absolute Gasteiger partial charge is 0.450 e. The Kier molecular flexibility index (Phi) is 6.14. The Hall–Kier alpha value is -3.22. The lowest BCUT2D eigenvalue weighted by Crippen LogP contribution is -2.49. The summed E-state index contributed by atoms with van der Waals surface area (Å²) in [7, 11) is 0. The molecule has 2 aromatic carbocycles. The summed E-state index contributed by atoms with van der Waals surface area (Å²) in [6, 6.07) is 16.7. The quantitative estimate of drug-likeness (QED) is 0.865. The molecule has 7 heteroatoms. The molecule has 1 saturated heterocycles. The van der Waals surface area contributed by atoms with Crippen molar-refractivity contribution < 1.29 is 14.3 Å². The lowest BCUT2D eigenvalue weighted by atomic mass is 10.2. The molecular formula is C20H24N4O3. The summed E-state index contributed by atoms with van der Waals surface area (Å²) >= 11 is 0. The van der Waals surface area contributed by atoms with Gasteiger partial charge in [0.1, 0.15) is 0 Å². The smallest absolute Gasteiger partial charge is 0.409 e. The average molecular weight is 368 g/mol. The van der Waals surface area contributed by atoms with Gasteiger partial charge in [0.25, 0.3) is 0 Å². The molecule has 2 aromatic rings. The summed E-state index contributed by atoms with van der Waals surface area (Å²) in [5, 5.41) is 5.60. The van der Waals surface area contributed by atoms with Crippen LogP contribution in [0.5, 0.6) is 0 Å². The van der Waals surface area contributed by atoms with Gasteiger partial charge in [-0.25, -0.2) is 9.59 Å². The van der Waals surface area contributed by atoms with Crippen molar-refractivity contribution in [2.24, 2.45) is 0 Å². The molecule has 0 bridgehead atoms. The van der Waals surface area contributed by atoms with Gasteiger partial charge in [-0.2, -0.15) is 0 Å². The molecule has 1 heterocycles. The fraction of sp³-hybridized carbons (Fsp3) is 0.300. The number of hydrogen-bond acceptors (Lipinski definition) is 4. The van der Waals surface area contributed by atoms with Gasteiger partial charge in [0.2, 0.25) is 0 Å². The maximum atomic E-state index is 12.0. The predicted octanol–water partition coefficient (Wildman–Crippen LogP) is 3.61. The van der Waals surface area contributed by atoms with Crippen molar-refractivity contribution in [2.75, 3.05) is 48.3 Å². The Balaban J connectivity index is 1.50. The minimum Gasteiger partial charge on any atom is -0.450 e. The van der Waals surface area contributed by atoms with E-state index in [2.05, 4.69) is 15.5 Å². The first kappa shape index (κ1) is 18.6. The fourth-order valence-electron chi connectivity index (χ4n) is 2.93. The standard InChI is InChI=1S/C20H24N4O3/c1-2-27-20(26)24-14-12-23(13-15-24)18-10-8-17(9-11-18)22-19(25)21-16-6-4-3-5-7-16/h3-11H,2,12-15H2,1H3,(H2,21,22,25). The summed E-state index contributed by atoms with van der Waals surface area (Å²) in [4.78, 5) is 27.7. The molecule has 2 N–H and O–H groups in total. The molecule has 1 aliphatic heterocycles. The minimum absolute atomic E-state index is 0.249. The van der Waals surface area contributed by atoms with Crippen molar-refractivity contribution in [1.82, 2.24) is 4.90 Å². The molecule has 0 spiro atoms. The van der Waals surface area contributed by atoms with Crippen LogP contribution in [0.4, 0.5) is 26.7 Å². The van der Waals surface area contributed by atoms with Crippen molar-refractivity contribution in [3.8, 4) is 0 Å². The van der Waals surface area contributed by atoms with Crippen molar-refractivity contribution in [1.29, 1.82) is 0 Å². The molecule has 1 aliphatic rings. The van der Waals surface area contributed by atoms with E-state index in [0.717, 1.165) is 30.2 Å². The first-order valence-corrected chi connectivity index (χ1v) is 9.05. The molecule has 0 aromatic heterocycles. The first-order valence-electron chi connectivity index (χ1n) is 9.05. The molecule has 3 amide bonds. The topological polar surface area (TPSA) is 73.9 Å². The highest BCUT2D eigenvalue weighted by Gasteiger charge is 2.21. The maximum absolute atomic E-state index is 12.0. The number of anilines is 3. The van der Waals surface area contributed by atoms with E-state index in [1.54, 1.807) is 4.90 Å². The lowest BCUT2D eigenvalue weighted by Gasteiger charge is -2.35. The van der Waals surface area contributed by atoms with E-state index < -0.39 is 0 Å². The molecule has 0 saturated carbocycles. The molecule has 3 rings (SSSR count). The number of piperazine rings is 1. The summed E-state index contributed by atoms with van der Waals surface area (Å²) < 4.78 is 5.04. The SMILES string of the molecule is CCOC(=O)N1CCN(c2ccc(NC(=O)Nc3ccccc3)cc2)CC1. The second kappa shape index (κ2) is 8.93. The summed E-state index contributed by atoms with van der Waals surface area (Å²) in [5.41, 5.74) is 2.52. The van der Waals surface area contributed by atoms with Crippen LogP contribution in [0.25, 0.3) is 0 Å². The summed E-state index contributed by atoms with van der Waals surface area (Å²) in [6.07, 6.45) is -0.249. The van der Waals surface area contributed by atoms with Gasteiger partial charge in [0, 0.05) is 43.2 Å². The molecule has 0 aliphatic carbocycles. The Labute approximate surface area is 158 Å². The summed E-state index contributed by atoms with van der Waals surface area (Å²) in [5.74, 6) is 0. The number of carbonyl (C=O) groups is 2. The van der Waals surface area contributed by atoms with Crippen LogP contribution >= 0.6 is 0 Å². The zero-order chi connectivity index (χ0) is 19.1. The fourth-order valence-corrected chi connectivity index (χ4v) is 2.93. The maximum Gasteiger partial charge on any atom is 0.409 e. The van der Waals surface area contributed by atoms with Gasteiger partial charge in [-0.15, -0.1) is 0 Å². The van der Waals surface area contributed by atoms with Crippen LogP contribution in [-0.2, 0) is 4.74 Å². The Morgan fingerprint density at radius 2 is 1.48 bits per heavy atom. The van der Waals surface area contributed by atoms with Crippen molar-refractivity contribution in [3.05, 3.63) is 54.6 Å². The molecule has 7 nitrogen and oxygen atoms in total. The number of ether oxygens (including phenoxy) is 1. The third-order valence-electron chi connectivity index (χ3n) is 4.33. The van der Waals surface area contributed by atoms with Crippen LogP contribution in [0.3, 0.4) is 0 Å². The van der Waals surface area contributed by atoms with E-state index in [0.29, 0.717) is 19.7 Å². The van der Waals surface area contributed by atoms with E-state index in [4.69, 9.17) is 4.74 Å². The molecule has 0 radical (unpaired) electrons. The Morgan fingerprint density at radius 3 is 2.07 bits per heavy atom. The van der Waals surface area contributed by atoms with Gasteiger partial charge in [-0.1, -0.05) is 18.2 Å². The zero-order valence-electron chi connectivity index (χ0n) is 15.4. The molecule has 142 valence electrons. The van der Waals surface area contributed by atoms with Crippen molar-refractivity contribution in [3.63, 3.8) is 0 Å². The third-order valence-corrected chi connectivity index (χ3v) is 4.33. The highest BCUT2D eigenvalue weighted by molar-refractivity contribution is 5.99. The second-order valence-corrected chi connectivity index (χ2v) is 6.17. The number of carbonyl (C=O) groups excluding carboxylic acids is 2. The number of hydrogen-bond donors (Lipinski definition) is 2. The van der Waals surface area contributed by atoms with E-state index in [9.17, 15) is 9.59 Å². The normalized spacial score (nSPS) is 13.8. The lowest BCUT2D eigenvalue weighted by molar-refractivity contribution is 0.105. The van der Waals surface area contributed by atoms with Crippen LogP contribution in [0, 0.1) is 0 Å². The van der Waals surface area contributed by atoms with Crippen molar-refractivity contribution >= 4 is 29.2 Å². The van der Waals surface area contributed by atoms with Crippen LogP contribution < -0.4 is 15.5 Å². The van der Waals surface area contributed by atoms with E-state index in [1.165, 1.54) is 0 Å². The number of nitrogens with one attached hydrogen (secondary N) is 2. The van der Waals surface area contributed by atoms with Crippen LogP contribution in [0.1, 0.15) is 6.92 Å². The molecule has 0 atom stereocenters. The number of urea groups is 1. The van der Waals surface area contributed by atoms with E-state index in [1.807, 2.05) is 61.5 Å². The minimum atomic E-state index is -0.281. The van der Waals surface area contributed by atoms with Crippen LogP contribution in [-0.4, -0.2) is 49.8 Å². The average Bonchev–Trinajstić information content (AvgIpc) is 2.69. The highest BCUT2D eigenvalue weighted by Crippen LogP contribution is 2.20. The van der Waals surface area contributed by atoms with Crippen LogP contribution in [0.2, 0.25) is 0 Å². The second-order valence-electron chi connectivity index (χ2n) is 6.17. The van der Waals surface area contributed by atoms with Gasteiger partial charge >= 0.3 is 12.1 Å². The number of para-hydroxylation sites is 1. The molecule has 0 unspecified atom stereocenters. The first-order chi connectivity index (χ1) is 13.2. The highest BCUT2D eigenvalue weighted by atomic mass is 16.6. The Bertz CT molecular complexity index is 757. The summed E-state index contributed by atoms with van der Waals surface area (Å²) in [6.45, 7) is 4.98. The third kappa shape index (κ3) is 5.13. The van der Waals surface area contributed by atoms with Crippen LogP contribution in [0.15, 0.2) is 54.6 Å². The monoisotopic (exact) mass is 368 g/mol.